The van der Waals surface area contributed by atoms with Crippen molar-refractivity contribution in [2.24, 2.45) is 5.73 Å². The van der Waals surface area contributed by atoms with Gasteiger partial charge in [-0.2, -0.15) is 0 Å². The fraction of sp³-hybridized carbons (Fsp3) is 0.595. The molecule has 1 amide bonds. The van der Waals surface area contributed by atoms with E-state index >= 15 is 0 Å². The number of ether oxygens (including phenoxy) is 3. The lowest BCUT2D eigenvalue weighted by Crippen LogP contribution is -2.47. The van der Waals surface area contributed by atoms with Gasteiger partial charge in [0.2, 0.25) is 0 Å². The number of hydrogen-bond acceptors (Lipinski definition) is 9. The molecule has 3 rings (SSSR count). The highest BCUT2D eigenvalue weighted by molar-refractivity contribution is 6.06. The number of piperazine rings is 1. The van der Waals surface area contributed by atoms with Crippen LogP contribution in [0.15, 0.2) is 36.4 Å². The van der Waals surface area contributed by atoms with Gasteiger partial charge in [-0.15, -0.1) is 0 Å². The van der Waals surface area contributed by atoms with E-state index in [1.807, 2.05) is 72.0 Å². The summed E-state index contributed by atoms with van der Waals surface area (Å²) in [6.07, 6.45) is 4.42. The molecule has 10 heteroatoms. The summed E-state index contributed by atoms with van der Waals surface area (Å²) in [6.45, 7) is 18.3. The molecule has 0 radical (unpaired) electrons. The largest absolute Gasteiger partial charge is 0.493 e. The van der Waals surface area contributed by atoms with Crippen LogP contribution >= 0.6 is 0 Å². The second kappa shape index (κ2) is 21.3. The van der Waals surface area contributed by atoms with Crippen molar-refractivity contribution in [2.75, 3.05) is 65.4 Å². The molecule has 0 bridgehead atoms. The molecule has 47 heavy (non-hydrogen) atoms. The third-order valence-electron chi connectivity index (χ3n) is 7.79. The highest BCUT2D eigenvalue weighted by Gasteiger charge is 2.29. The Morgan fingerprint density at radius 1 is 0.979 bits per heavy atom. The summed E-state index contributed by atoms with van der Waals surface area (Å²) in [5.41, 5.74) is 8.06. The van der Waals surface area contributed by atoms with Crippen LogP contribution in [0.4, 0.5) is 5.69 Å². The van der Waals surface area contributed by atoms with Crippen LogP contribution in [0.2, 0.25) is 0 Å². The lowest BCUT2D eigenvalue weighted by atomic mass is 9.96. The first-order valence-electron chi connectivity index (χ1n) is 16.8. The average molecular weight is 657 g/mol. The number of aldehydes is 1. The number of carbonyl (C=O) groups excluding carboxylic acids is 3. The van der Waals surface area contributed by atoms with Gasteiger partial charge in [-0.05, 0) is 70.5 Å². The van der Waals surface area contributed by atoms with Gasteiger partial charge in [0.15, 0.2) is 17.8 Å². The molecule has 0 aromatic heterocycles. The molecule has 264 valence electrons. The third kappa shape index (κ3) is 13.2. The number of hydrogen-bond donors (Lipinski definition) is 1. The van der Waals surface area contributed by atoms with Crippen molar-refractivity contribution in [2.45, 2.75) is 85.8 Å². The first-order valence-corrected chi connectivity index (χ1v) is 16.8. The molecule has 2 N–H and O–H groups in total. The van der Waals surface area contributed by atoms with Crippen LogP contribution in [0.1, 0.15) is 106 Å². The fourth-order valence-corrected chi connectivity index (χ4v) is 5.51. The Labute approximate surface area is 283 Å². The van der Waals surface area contributed by atoms with Crippen LogP contribution in [0.25, 0.3) is 0 Å². The number of anilines is 1. The number of benzene rings is 2. The maximum atomic E-state index is 14.1. The molecular formula is C37H60N4O6. The minimum atomic E-state index is -0.328. The summed E-state index contributed by atoms with van der Waals surface area (Å²) < 4.78 is 15.8. The van der Waals surface area contributed by atoms with Gasteiger partial charge in [0.05, 0.1) is 31.5 Å². The Balaban J connectivity index is 0.000000964. The summed E-state index contributed by atoms with van der Waals surface area (Å²) in [7, 11) is 5.04. The maximum Gasteiger partial charge on any atom is 0.303 e. The molecule has 2 aromatic carbocycles. The number of unbranched alkanes of at least 4 members (excludes halogenated alkanes) is 2. The molecule has 0 unspecified atom stereocenters. The average Bonchev–Trinajstić information content (AvgIpc) is 3.07. The Bertz CT molecular complexity index is 1240. The summed E-state index contributed by atoms with van der Waals surface area (Å²) in [6, 6.07) is 11.1. The van der Waals surface area contributed by atoms with E-state index in [0.29, 0.717) is 29.2 Å². The van der Waals surface area contributed by atoms with E-state index < -0.39 is 0 Å². The van der Waals surface area contributed by atoms with Gasteiger partial charge in [0.25, 0.3) is 5.91 Å². The number of nitrogens with zero attached hydrogens (tertiary/aromatic N) is 3. The highest BCUT2D eigenvalue weighted by atomic mass is 16.6. The zero-order chi connectivity index (χ0) is 35.6. The molecule has 0 saturated carbocycles. The minimum Gasteiger partial charge on any atom is -0.493 e. The molecule has 1 saturated heterocycles. The summed E-state index contributed by atoms with van der Waals surface area (Å²) in [5.74, 6) is 0.879. The van der Waals surface area contributed by atoms with Gasteiger partial charge in [-0.1, -0.05) is 51.8 Å². The van der Waals surface area contributed by atoms with Crippen LogP contribution in [-0.2, 0) is 9.53 Å². The topological polar surface area (TPSA) is 115 Å². The van der Waals surface area contributed by atoms with Crippen LogP contribution < -0.4 is 20.1 Å². The SMILES string of the molecule is CC.CC(=O)OC(C)(C)C.CCN1CCN(c2cccc(C=O)c2C(=O)N(C)[C@H](CCCCCN)c2ccc(OC)c(OC)c2)CC1. The molecule has 1 aliphatic rings. The highest BCUT2D eigenvalue weighted by Crippen LogP contribution is 2.36. The van der Waals surface area contributed by atoms with E-state index in [-0.39, 0.29) is 23.5 Å². The third-order valence-corrected chi connectivity index (χ3v) is 7.79. The Morgan fingerprint density at radius 3 is 2.11 bits per heavy atom. The van der Waals surface area contributed by atoms with Crippen molar-refractivity contribution in [1.29, 1.82) is 0 Å². The molecule has 10 nitrogen and oxygen atoms in total. The predicted molar refractivity (Wildman–Crippen MR) is 191 cm³/mol. The number of methoxy groups -OCH3 is 2. The molecule has 1 aliphatic heterocycles. The maximum absolute atomic E-state index is 14.1. The molecule has 0 aliphatic carbocycles. The lowest BCUT2D eigenvalue weighted by molar-refractivity contribution is -0.151. The van der Waals surface area contributed by atoms with E-state index in [0.717, 1.165) is 75.9 Å². The van der Waals surface area contributed by atoms with Gasteiger partial charge in [0.1, 0.15) is 5.60 Å². The predicted octanol–water partition coefficient (Wildman–Crippen LogP) is 6.36. The Kier molecular flexibility index (Phi) is 18.7. The summed E-state index contributed by atoms with van der Waals surface area (Å²) in [4.78, 5) is 42.9. The van der Waals surface area contributed by atoms with E-state index in [1.165, 1.54) is 6.92 Å². The van der Waals surface area contributed by atoms with Crippen molar-refractivity contribution in [3.05, 3.63) is 53.1 Å². The van der Waals surface area contributed by atoms with Crippen molar-refractivity contribution in [3.8, 4) is 11.5 Å². The molecular weight excluding hydrogens is 596 g/mol. The normalized spacial score (nSPS) is 13.6. The number of esters is 1. The zero-order valence-corrected chi connectivity index (χ0v) is 30.6. The minimum absolute atomic E-state index is 0.158. The van der Waals surface area contributed by atoms with Crippen LogP contribution in [0.5, 0.6) is 11.5 Å². The zero-order valence-electron chi connectivity index (χ0n) is 30.6. The van der Waals surface area contributed by atoms with Crippen molar-refractivity contribution < 1.29 is 28.6 Å². The van der Waals surface area contributed by atoms with Gasteiger partial charge in [-0.3, -0.25) is 14.4 Å². The second-order valence-electron chi connectivity index (χ2n) is 12.2. The van der Waals surface area contributed by atoms with E-state index in [9.17, 15) is 14.4 Å². The van der Waals surface area contributed by atoms with Gasteiger partial charge in [-0.25, -0.2) is 0 Å². The molecule has 1 atom stereocenters. The standard InChI is InChI=1S/C29H42N4O4.C6H12O2.C2H6/c1-5-32-16-18-33(19-17-32)25-12-9-10-23(21-34)28(25)29(35)31(2)24(11-7-6-8-15-30)22-13-14-26(36-3)27(20-22)37-4;1-5(7)8-6(2,3)4;1-2/h9-10,12-14,20-21,24H,5-8,11,15-19,30H2,1-4H3;1-4H3;1-2H3/t24-;;/m1../s1. The Morgan fingerprint density at radius 2 is 1.62 bits per heavy atom. The summed E-state index contributed by atoms with van der Waals surface area (Å²) >= 11 is 0. The first-order chi connectivity index (χ1) is 22.4. The number of nitrogens with two attached hydrogens (primary N) is 1. The number of amides is 1. The van der Waals surface area contributed by atoms with Crippen LogP contribution in [0, 0.1) is 0 Å². The van der Waals surface area contributed by atoms with E-state index in [1.54, 1.807) is 25.2 Å². The fourth-order valence-electron chi connectivity index (χ4n) is 5.51. The summed E-state index contributed by atoms with van der Waals surface area (Å²) in [5, 5.41) is 0. The van der Waals surface area contributed by atoms with E-state index in [4.69, 9.17) is 19.9 Å². The number of likely N-dealkylation sites (N-methyl/N-ethyl adjacent to an activating group) is 1. The lowest BCUT2D eigenvalue weighted by Gasteiger charge is -2.37. The molecule has 2 aromatic rings. The smallest absolute Gasteiger partial charge is 0.303 e. The quantitative estimate of drug-likeness (QED) is 0.149. The van der Waals surface area contributed by atoms with E-state index in [2.05, 4.69) is 16.7 Å². The van der Waals surface area contributed by atoms with Crippen molar-refractivity contribution >= 4 is 23.9 Å². The molecule has 1 heterocycles. The second-order valence-corrected chi connectivity index (χ2v) is 12.2. The molecule has 0 spiro atoms. The Hall–Kier alpha value is -3.63. The number of carbonyl (C=O) groups is 3. The van der Waals surface area contributed by atoms with Crippen LogP contribution in [-0.4, -0.2) is 94.1 Å². The van der Waals surface area contributed by atoms with Gasteiger partial charge >= 0.3 is 5.97 Å². The van der Waals surface area contributed by atoms with Crippen LogP contribution in [0.3, 0.4) is 0 Å². The first kappa shape index (κ1) is 41.4. The molecule has 1 fully saturated rings. The van der Waals surface area contributed by atoms with Crippen molar-refractivity contribution in [3.63, 3.8) is 0 Å². The van der Waals surface area contributed by atoms with Gasteiger partial charge in [0, 0.05) is 45.7 Å². The van der Waals surface area contributed by atoms with Crippen molar-refractivity contribution in [1.82, 2.24) is 9.80 Å². The van der Waals surface area contributed by atoms with Gasteiger partial charge < -0.3 is 34.6 Å². The monoisotopic (exact) mass is 656 g/mol. The number of rotatable bonds is 13.